The van der Waals surface area contributed by atoms with E-state index in [4.69, 9.17) is 0 Å². The Hall–Kier alpha value is -0.830. The van der Waals surface area contributed by atoms with E-state index in [1.807, 2.05) is 24.0 Å². The van der Waals surface area contributed by atoms with Gasteiger partial charge in [-0.3, -0.25) is 4.90 Å². The van der Waals surface area contributed by atoms with Gasteiger partial charge in [0.05, 0.1) is 6.54 Å². The minimum Gasteiger partial charge on any atom is -0.337 e. The third-order valence-corrected chi connectivity index (χ3v) is 1.87. The smallest absolute Gasteiger partial charge is 0.122 e. The van der Waals surface area contributed by atoms with Crippen LogP contribution in [0.15, 0.2) is 12.4 Å². The number of hydrogen-bond acceptors (Lipinski definition) is 2. The largest absolute Gasteiger partial charge is 0.337 e. The van der Waals surface area contributed by atoms with Crippen molar-refractivity contribution >= 4 is 0 Å². The summed E-state index contributed by atoms with van der Waals surface area (Å²) in [7, 11) is 4.11. The molecule has 3 nitrogen and oxygen atoms in total. The number of imidazole rings is 1. The summed E-state index contributed by atoms with van der Waals surface area (Å²) in [6.07, 6.45) is 3.80. The molecule has 0 unspecified atom stereocenters. The summed E-state index contributed by atoms with van der Waals surface area (Å²) in [6.45, 7) is 4.13. The zero-order valence-electron chi connectivity index (χ0n) is 7.41. The van der Waals surface area contributed by atoms with E-state index >= 15 is 0 Å². The van der Waals surface area contributed by atoms with Gasteiger partial charge in [-0.2, -0.15) is 0 Å². The molecule has 11 heavy (non-hydrogen) atoms. The van der Waals surface area contributed by atoms with E-state index in [9.17, 15) is 0 Å². The molecule has 0 spiro atoms. The van der Waals surface area contributed by atoms with Gasteiger partial charge in [-0.1, -0.05) is 6.92 Å². The second-order valence-corrected chi connectivity index (χ2v) is 2.78. The number of aryl methyl sites for hydroxylation is 1. The van der Waals surface area contributed by atoms with Crippen LogP contribution in [-0.2, 0) is 13.6 Å². The van der Waals surface area contributed by atoms with Crippen molar-refractivity contribution in [1.82, 2.24) is 14.5 Å². The summed E-state index contributed by atoms with van der Waals surface area (Å²) >= 11 is 0. The first-order chi connectivity index (χ1) is 5.24. The fourth-order valence-electron chi connectivity index (χ4n) is 0.902. The van der Waals surface area contributed by atoms with Gasteiger partial charge < -0.3 is 4.57 Å². The van der Waals surface area contributed by atoms with Crippen molar-refractivity contribution in [3.05, 3.63) is 18.2 Å². The summed E-state index contributed by atoms with van der Waals surface area (Å²) in [5.41, 5.74) is 0. The van der Waals surface area contributed by atoms with Crippen molar-refractivity contribution in [1.29, 1.82) is 0 Å². The zero-order chi connectivity index (χ0) is 8.27. The van der Waals surface area contributed by atoms with Crippen LogP contribution in [0.3, 0.4) is 0 Å². The van der Waals surface area contributed by atoms with Crippen LogP contribution in [0.5, 0.6) is 0 Å². The Bertz CT molecular complexity index is 217. The van der Waals surface area contributed by atoms with Crippen LogP contribution < -0.4 is 0 Å². The van der Waals surface area contributed by atoms with E-state index in [-0.39, 0.29) is 0 Å². The normalized spacial score (nSPS) is 10.9. The molecular formula is C8H15N3. The monoisotopic (exact) mass is 153 g/mol. The molecule has 0 saturated heterocycles. The van der Waals surface area contributed by atoms with Gasteiger partial charge in [0.25, 0.3) is 0 Å². The maximum atomic E-state index is 4.22. The molecule has 0 bridgehead atoms. The number of aromatic nitrogens is 2. The number of hydrogen-bond donors (Lipinski definition) is 0. The van der Waals surface area contributed by atoms with E-state index < -0.39 is 0 Å². The molecule has 0 N–H and O–H groups in total. The van der Waals surface area contributed by atoms with Crippen molar-refractivity contribution in [2.24, 2.45) is 7.05 Å². The van der Waals surface area contributed by atoms with Gasteiger partial charge >= 0.3 is 0 Å². The van der Waals surface area contributed by atoms with Gasteiger partial charge in [0.15, 0.2) is 0 Å². The molecule has 1 rings (SSSR count). The van der Waals surface area contributed by atoms with Gasteiger partial charge in [0.1, 0.15) is 5.82 Å². The molecule has 62 valence electrons. The Morgan fingerprint density at radius 3 is 2.82 bits per heavy atom. The SMILES string of the molecule is CCN(C)Cc1nccn1C. The highest BCUT2D eigenvalue weighted by atomic mass is 15.1. The molecule has 0 radical (unpaired) electrons. The van der Waals surface area contributed by atoms with Crippen LogP contribution >= 0.6 is 0 Å². The van der Waals surface area contributed by atoms with Gasteiger partial charge in [-0.15, -0.1) is 0 Å². The molecule has 1 aromatic heterocycles. The fraction of sp³-hybridized carbons (Fsp3) is 0.625. The Morgan fingerprint density at radius 2 is 2.36 bits per heavy atom. The molecule has 0 aliphatic carbocycles. The van der Waals surface area contributed by atoms with E-state index in [2.05, 4.69) is 23.9 Å². The average Bonchev–Trinajstić information content (AvgIpc) is 2.37. The van der Waals surface area contributed by atoms with Crippen molar-refractivity contribution in [3.63, 3.8) is 0 Å². The lowest BCUT2D eigenvalue weighted by molar-refractivity contribution is 0.332. The topological polar surface area (TPSA) is 21.1 Å². The maximum absolute atomic E-state index is 4.22. The summed E-state index contributed by atoms with van der Waals surface area (Å²) < 4.78 is 2.05. The first-order valence-corrected chi connectivity index (χ1v) is 3.88. The van der Waals surface area contributed by atoms with E-state index in [1.165, 1.54) is 0 Å². The lowest BCUT2D eigenvalue weighted by atomic mass is 10.5. The standard InChI is InChI=1S/C8H15N3/c1-4-10(2)7-8-9-5-6-11(8)3/h5-6H,4,7H2,1-3H3. The Morgan fingerprint density at radius 1 is 1.64 bits per heavy atom. The third-order valence-electron chi connectivity index (χ3n) is 1.87. The molecule has 1 heterocycles. The highest BCUT2D eigenvalue weighted by Gasteiger charge is 2.00. The third kappa shape index (κ3) is 2.05. The molecule has 0 aliphatic heterocycles. The van der Waals surface area contributed by atoms with Gasteiger partial charge in [-0.25, -0.2) is 4.98 Å². The first kappa shape index (κ1) is 8.27. The predicted molar refractivity (Wildman–Crippen MR) is 45.2 cm³/mol. The lowest BCUT2D eigenvalue weighted by Crippen LogP contribution is -2.19. The molecule has 0 atom stereocenters. The minimum atomic E-state index is 0.931. The van der Waals surface area contributed by atoms with Crippen LogP contribution in [0, 0.1) is 0 Å². The van der Waals surface area contributed by atoms with Crippen LogP contribution in [0.25, 0.3) is 0 Å². The van der Waals surface area contributed by atoms with Crippen molar-refractivity contribution in [3.8, 4) is 0 Å². The van der Waals surface area contributed by atoms with Crippen molar-refractivity contribution < 1.29 is 0 Å². The van der Waals surface area contributed by atoms with E-state index in [0.29, 0.717) is 0 Å². The molecule has 0 fully saturated rings. The highest BCUT2D eigenvalue weighted by Crippen LogP contribution is 1.97. The summed E-state index contributed by atoms with van der Waals surface area (Å²) in [5.74, 6) is 1.12. The zero-order valence-corrected chi connectivity index (χ0v) is 7.41. The van der Waals surface area contributed by atoms with Crippen molar-refractivity contribution in [2.45, 2.75) is 13.5 Å². The predicted octanol–water partition coefficient (Wildman–Crippen LogP) is 0.872. The van der Waals surface area contributed by atoms with Crippen LogP contribution in [0.2, 0.25) is 0 Å². The molecule has 0 aromatic carbocycles. The van der Waals surface area contributed by atoms with E-state index in [1.54, 1.807) is 0 Å². The van der Waals surface area contributed by atoms with Gasteiger partial charge in [0, 0.05) is 19.4 Å². The Balaban J connectivity index is 2.56. The maximum Gasteiger partial charge on any atom is 0.122 e. The minimum absolute atomic E-state index is 0.931. The molecule has 3 heteroatoms. The highest BCUT2D eigenvalue weighted by molar-refractivity contribution is 4.90. The van der Waals surface area contributed by atoms with Crippen LogP contribution in [0.4, 0.5) is 0 Å². The molecule has 0 aliphatic rings. The Kier molecular flexibility index (Phi) is 2.65. The fourth-order valence-corrected chi connectivity index (χ4v) is 0.902. The lowest BCUT2D eigenvalue weighted by Gasteiger charge is -2.12. The molecule has 1 aromatic rings. The van der Waals surface area contributed by atoms with Crippen molar-refractivity contribution in [2.75, 3.05) is 13.6 Å². The molecular weight excluding hydrogens is 138 g/mol. The van der Waals surface area contributed by atoms with Gasteiger partial charge in [-0.05, 0) is 13.6 Å². The van der Waals surface area contributed by atoms with Gasteiger partial charge in [0.2, 0.25) is 0 Å². The number of rotatable bonds is 3. The Labute approximate surface area is 67.7 Å². The second kappa shape index (κ2) is 3.53. The number of nitrogens with zero attached hydrogens (tertiary/aromatic N) is 3. The quantitative estimate of drug-likeness (QED) is 0.642. The molecule has 0 amide bonds. The summed E-state index contributed by atoms with van der Waals surface area (Å²) in [6, 6.07) is 0. The van der Waals surface area contributed by atoms with Crippen LogP contribution in [-0.4, -0.2) is 28.0 Å². The molecule has 0 saturated carbocycles. The summed E-state index contributed by atoms with van der Waals surface area (Å²) in [5, 5.41) is 0. The van der Waals surface area contributed by atoms with Crippen LogP contribution in [0.1, 0.15) is 12.7 Å². The average molecular weight is 153 g/mol. The van der Waals surface area contributed by atoms with E-state index in [0.717, 1.165) is 18.9 Å². The summed E-state index contributed by atoms with van der Waals surface area (Å²) in [4.78, 5) is 6.45. The second-order valence-electron chi connectivity index (χ2n) is 2.78. The first-order valence-electron chi connectivity index (χ1n) is 3.88.